The van der Waals surface area contributed by atoms with Crippen LogP contribution in [-0.4, -0.2) is 60.3 Å². The van der Waals surface area contributed by atoms with Crippen LogP contribution in [0.15, 0.2) is 54.1 Å². The first-order valence-electron chi connectivity index (χ1n) is 11.8. The highest BCUT2D eigenvalue weighted by molar-refractivity contribution is 6.30. The van der Waals surface area contributed by atoms with Crippen LogP contribution < -0.4 is 0 Å². The summed E-state index contributed by atoms with van der Waals surface area (Å²) >= 11 is 12.4. The molecule has 1 aliphatic heterocycles. The van der Waals surface area contributed by atoms with E-state index < -0.39 is 5.60 Å². The average Bonchev–Trinajstić information content (AvgIpc) is 2.91. The van der Waals surface area contributed by atoms with Crippen LogP contribution in [0.1, 0.15) is 36.8 Å². The van der Waals surface area contributed by atoms with Gasteiger partial charge in [0.05, 0.1) is 5.60 Å². The number of rotatable bonds is 5. The lowest BCUT2D eigenvalue weighted by Gasteiger charge is -2.42. The second-order valence-corrected chi connectivity index (χ2v) is 10.4. The maximum Gasteiger partial charge on any atom is 0.0940 e. The number of halogens is 2. The molecule has 1 N–H and O–H groups in total. The van der Waals surface area contributed by atoms with Gasteiger partial charge in [0.2, 0.25) is 0 Å². The number of benzene rings is 2. The quantitative estimate of drug-likeness (QED) is 0.557. The summed E-state index contributed by atoms with van der Waals surface area (Å²) in [6, 6.07) is 15.9. The number of likely N-dealkylation sites (N-methyl/N-ethyl adjacent to an activating group) is 1. The Kier molecular flexibility index (Phi) is 7.96. The minimum absolute atomic E-state index is 0.186. The summed E-state index contributed by atoms with van der Waals surface area (Å²) in [4.78, 5) is 4.92. The van der Waals surface area contributed by atoms with Crippen molar-refractivity contribution in [2.75, 3.05) is 39.8 Å². The van der Waals surface area contributed by atoms with E-state index in [1.165, 1.54) is 0 Å². The summed E-state index contributed by atoms with van der Waals surface area (Å²) < 4.78 is 0. The molecule has 0 amide bonds. The molecular formula is C27H34Cl2N2O. The van der Waals surface area contributed by atoms with Crippen molar-refractivity contribution in [1.29, 1.82) is 0 Å². The molecule has 1 saturated heterocycles. The largest absolute Gasteiger partial charge is 0.385 e. The number of piperazine rings is 1. The van der Waals surface area contributed by atoms with Crippen molar-refractivity contribution in [1.82, 2.24) is 9.80 Å². The normalized spacial score (nSPS) is 26.9. The van der Waals surface area contributed by atoms with E-state index in [-0.39, 0.29) is 5.92 Å². The molecule has 2 atom stereocenters. The summed E-state index contributed by atoms with van der Waals surface area (Å²) in [5.74, 6) is 0.186. The first-order valence-corrected chi connectivity index (χ1v) is 12.5. The Morgan fingerprint density at radius 3 is 2.47 bits per heavy atom. The molecule has 0 radical (unpaired) electrons. The van der Waals surface area contributed by atoms with E-state index in [0.717, 1.165) is 85.2 Å². The molecule has 1 aliphatic carbocycles. The first kappa shape index (κ1) is 23.8. The van der Waals surface area contributed by atoms with Crippen molar-refractivity contribution in [3.05, 3.63) is 75.3 Å². The van der Waals surface area contributed by atoms with Crippen LogP contribution >= 0.6 is 23.2 Å². The van der Waals surface area contributed by atoms with Gasteiger partial charge in [0.1, 0.15) is 0 Å². The van der Waals surface area contributed by atoms with Crippen molar-refractivity contribution >= 4 is 29.3 Å². The van der Waals surface area contributed by atoms with Crippen LogP contribution in [0.25, 0.3) is 6.08 Å². The summed E-state index contributed by atoms with van der Waals surface area (Å²) in [5, 5.41) is 13.9. The Labute approximate surface area is 202 Å². The molecule has 2 aromatic rings. The van der Waals surface area contributed by atoms with Crippen LogP contribution in [-0.2, 0) is 6.42 Å². The minimum Gasteiger partial charge on any atom is -0.385 e. The fourth-order valence-electron chi connectivity index (χ4n) is 5.18. The van der Waals surface area contributed by atoms with Crippen molar-refractivity contribution in [3.63, 3.8) is 0 Å². The molecule has 2 fully saturated rings. The van der Waals surface area contributed by atoms with Gasteiger partial charge in [-0.3, -0.25) is 0 Å². The van der Waals surface area contributed by atoms with Crippen molar-refractivity contribution in [2.45, 2.75) is 37.7 Å². The molecule has 2 unspecified atom stereocenters. The van der Waals surface area contributed by atoms with Gasteiger partial charge in [-0.2, -0.15) is 0 Å². The number of nitrogens with zero attached hydrogens (tertiary/aromatic N) is 2. The third-order valence-electron chi connectivity index (χ3n) is 7.13. The van der Waals surface area contributed by atoms with Gasteiger partial charge in [0.15, 0.2) is 0 Å². The Bertz CT molecular complexity index is 922. The minimum atomic E-state index is -0.899. The zero-order chi connectivity index (χ0) is 22.6. The predicted molar refractivity (Wildman–Crippen MR) is 135 cm³/mol. The van der Waals surface area contributed by atoms with Gasteiger partial charge in [0.25, 0.3) is 0 Å². The number of aliphatic hydroxyl groups is 1. The molecule has 2 aromatic carbocycles. The third-order valence-corrected chi connectivity index (χ3v) is 7.62. The highest BCUT2D eigenvalue weighted by Gasteiger charge is 2.42. The number of hydrogen-bond donors (Lipinski definition) is 1. The molecule has 0 spiro atoms. The monoisotopic (exact) mass is 472 g/mol. The fourth-order valence-corrected chi connectivity index (χ4v) is 5.52. The van der Waals surface area contributed by atoms with E-state index in [1.54, 1.807) is 0 Å². The van der Waals surface area contributed by atoms with Crippen LogP contribution in [0.5, 0.6) is 0 Å². The highest BCUT2D eigenvalue weighted by Crippen LogP contribution is 2.41. The Balaban J connectivity index is 1.68. The van der Waals surface area contributed by atoms with E-state index in [0.29, 0.717) is 6.42 Å². The molecule has 172 valence electrons. The maximum atomic E-state index is 12.4. The second kappa shape index (κ2) is 10.7. The van der Waals surface area contributed by atoms with E-state index >= 15 is 0 Å². The van der Waals surface area contributed by atoms with Gasteiger partial charge >= 0.3 is 0 Å². The molecule has 0 bridgehead atoms. The van der Waals surface area contributed by atoms with Gasteiger partial charge in [-0.1, -0.05) is 60.0 Å². The van der Waals surface area contributed by atoms with E-state index in [2.05, 4.69) is 29.0 Å². The van der Waals surface area contributed by atoms with Gasteiger partial charge in [-0.15, -0.1) is 0 Å². The molecule has 32 heavy (non-hydrogen) atoms. The fraction of sp³-hybridized carbons (Fsp3) is 0.481. The molecule has 1 saturated carbocycles. The summed E-state index contributed by atoms with van der Waals surface area (Å²) in [7, 11) is 2.19. The summed E-state index contributed by atoms with van der Waals surface area (Å²) in [6.07, 6.45) is 7.00. The van der Waals surface area contributed by atoms with Crippen molar-refractivity contribution in [2.24, 2.45) is 5.92 Å². The Morgan fingerprint density at radius 2 is 1.75 bits per heavy atom. The smallest absolute Gasteiger partial charge is 0.0940 e. The molecule has 4 rings (SSSR count). The standard InChI is InChI=1S/C27H34Cl2N2O/c1-30-13-15-31(16-14-30)20-24-7-3-2-6-23(17-21-9-11-25(28)12-10-21)27(24,32)19-22-5-4-8-26(29)18-22/h4-5,8-12,17-18,24,32H,2-3,6-7,13-16,19-20H2,1H3/b23-17-. The number of hydrogen-bond acceptors (Lipinski definition) is 3. The molecular weight excluding hydrogens is 439 g/mol. The second-order valence-electron chi connectivity index (χ2n) is 9.50. The summed E-state index contributed by atoms with van der Waals surface area (Å²) in [5.41, 5.74) is 2.42. The van der Waals surface area contributed by atoms with Crippen molar-refractivity contribution in [3.8, 4) is 0 Å². The van der Waals surface area contributed by atoms with E-state index in [9.17, 15) is 5.11 Å². The van der Waals surface area contributed by atoms with Crippen LogP contribution in [0.4, 0.5) is 0 Å². The molecule has 0 aromatic heterocycles. The summed E-state index contributed by atoms with van der Waals surface area (Å²) in [6.45, 7) is 5.25. The SMILES string of the molecule is CN1CCN(CC2CCCC/C(=C/c3ccc(Cl)cc3)C2(O)Cc2cccc(Cl)c2)CC1. The van der Waals surface area contributed by atoms with E-state index in [1.807, 2.05) is 42.5 Å². The zero-order valence-corrected chi connectivity index (χ0v) is 20.5. The van der Waals surface area contributed by atoms with E-state index in [4.69, 9.17) is 23.2 Å². The molecule has 5 heteroatoms. The van der Waals surface area contributed by atoms with Crippen LogP contribution in [0.3, 0.4) is 0 Å². The lowest BCUT2D eigenvalue weighted by Crippen LogP contribution is -2.51. The van der Waals surface area contributed by atoms with Crippen LogP contribution in [0.2, 0.25) is 10.0 Å². The van der Waals surface area contributed by atoms with Gasteiger partial charge in [-0.25, -0.2) is 0 Å². The highest BCUT2D eigenvalue weighted by atomic mass is 35.5. The maximum absolute atomic E-state index is 12.4. The molecule has 1 heterocycles. The lowest BCUT2D eigenvalue weighted by atomic mass is 9.74. The zero-order valence-electron chi connectivity index (χ0n) is 18.9. The average molecular weight is 473 g/mol. The van der Waals surface area contributed by atoms with Crippen molar-refractivity contribution < 1.29 is 5.11 Å². The van der Waals surface area contributed by atoms with Gasteiger partial charge in [-0.05, 0) is 67.3 Å². The molecule has 2 aliphatic rings. The Hall–Kier alpha value is -1.36. The predicted octanol–water partition coefficient (Wildman–Crippen LogP) is 5.79. The third kappa shape index (κ3) is 5.95. The molecule has 3 nitrogen and oxygen atoms in total. The Morgan fingerprint density at radius 1 is 1.00 bits per heavy atom. The van der Waals surface area contributed by atoms with Gasteiger partial charge < -0.3 is 14.9 Å². The van der Waals surface area contributed by atoms with Gasteiger partial charge in [0, 0.05) is 55.1 Å². The van der Waals surface area contributed by atoms with Crippen LogP contribution in [0, 0.1) is 5.92 Å². The first-order chi connectivity index (χ1) is 15.4. The lowest BCUT2D eigenvalue weighted by molar-refractivity contribution is -0.00642. The topological polar surface area (TPSA) is 26.7 Å².